The molecule has 2 rings (SSSR count). The van der Waals surface area contributed by atoms with Crippen LogP contribution in [0.5, 0.6) is 0 Å². The molecule has 2 heterocycles. The fraction of sp³-hybridized carbons (Fsp3) is 0.111. The van der Waals surface area contributed by atoms with Gasteiger partial charge in [0.25, 0.3) is 0 Å². The lowest BCUT2D eigenvalue weighted by Gasteiger charge is -2.00. The van der Waals surface area contributed by atoms with Crippen molar-refractivity contribution >= 4 is 44.8 Å². The molecule has 3 nitrogen and oxygen atoms in total. The van der Waals surface area contributed by atoms with Crippen molar-refractivity contribution in [1.29, 1.82) is 0 Å². The molecule has 0 aliphatic heterocycles. The Morgan fingerprint density at radius 2 is 2.20 bits per heavy atom. The molecule has 2 aromatic heterocycles. The predicted octanol–water partition coefficient (Wildman–Crippen LogP) is 3.18. The SMILES string of the molecule is Nc1nccnc1SCc1csc(Br)c1. The Morgan fingerprint density at radius 1 is 1.40 bits per heavy atom. The van der Waals surface area contributed by atoms with Crippen LogP contribution in [0.2, 0.25) is 0 Å². The van der Waals surface area contributed by atoms with E-state index < -0.39 is 0 Å². The molecule has 0 unspecified atom stereocenters. The zero-order chi connectivity index (χ0) is 10.7. The standard InChI is InChI=1S/C9H8BrN3S2/c10-7-3-6(4-14-7)5-15-9-8(11)12-1-2-13-9/h1-4H,5H2,(H2,11,12). The molecule has 0 spiro atoms. The van der Waals surface area contributed by atoms with Crippen LogP contribution in [0.3, 0.4) is 0 Å². The van der Waals surface area contributed by atoms with Crippen LogP contribution < -0.4 is 5.73 Å². The maximum Gasteiger partial charge on any atom is 0.156 e. The molecule has 0 aromatic carbocycles. The molecule has 0 radical (unpaired) electrons. The third-order valence-electron chi connectivity index (χ3n) is 1.69. The van der Waals surface area contributed by atoms with Gasteiger partial charge in [-0.3, -0.25) is 0 Å². The van der Waals surface area contributed by atoms with Crippen LogP contribution in [0.1, 0.15) is 5.56 Å². The summed E-state index contributed by atoms with van der Waals surface area (Å²) in [5, 5.41) is 2.91. The van der Waals surface area contributed by atoms with E-state index in [0.29, 0.717) is 5.82 Å². The van der Waals surface area contributed by atoms with Crippen molar-refractivity contribution in [2.45, 2.75) is 10.8 Å². The lowest BCUT2D eigenvalue weighted by Crippen LogP contribution is -1.94. The summed E-state index contributed by atoms with van der Waals surface area (Å²) >= 11 is 6.71. The number of aromatic nitrogens is 2. The van der Waals surface area contributed by atoms with E-state index in [1.165, 1.54) is 5.56 Å². The minimum Gasteiger partial charge on any atom is -0.381 e. The molecule has 0 aliphatic rings. The molecule has 0 fully saturated rings. The monoisotopic (exact) mass is 301 g/mol. The summed E-state index contributed by atoms with van der Waals surface area (Å²) in [4.78, 5) is 8.15. The summed E-state index contributed by atoms with van der Waals surface area (Å²) in [5.41, 5.74) is 6.95. The summed E-state index contributed by atoms with van der Waals surface area (Å²) in [6.45, 7) is 0. The minimum atomic E-state index is 0.497. The normalized spacial score (nSPS) is 10.5. The number of anilines is 1. The van der Waals surface area contributed by atoms with Gasteiger partial charge in [0.15, 0.2) is 5.82 Å². The molecule has 2 N–H and O–H groups in total. The average Bonchev–Trinajstić information content (AvgIpc) is 2.63. The van der Waals surface area contributed by atoms with Gasteiger partial charge in [0.2, 0.25) is 0 Å². The van der Waals surface area contributed by atoms with Crippen LogP contribution in [0.25, 0.3) is 0 Å². The first-order valence-corrected chi connectivity index (χ1v) is 6.84. The lowest BCUT2D eigenvalue weighted by molar-refractivity contribution is 1.07. The van der Waals surface area contributed by atoms with Gasteiger partial charge in [0.1, 0.15) is 5.03 Å². The molecule has 0 aliphatic carbocycles. The maximum atomic E-state index is 5.69. The fourth-order valence-corrected chi connectivity index (χ4v) is 3.14. The van der Waals surface area contributed by atoms with E-state index in [1.54, 1.807) is 35.5 Å². The molecular weight excluding hydrogens is 294 g/mol. The molecule has 0 saturated heterocycles. The molecule has 2 aromatic rings. The quantitative estimate of drug-likeness (QED) is 0.885. The average molecular weight is 302 g/mol. The Labute approximate surface area is 104 Å². The Bertz CT molecular complexity index is 458. The molecule has 0 atom stereocenters. The van der Waals surface area contributed by atoms with Gasteiger partial charge in [0.05, 0.1) is 3.79 Å². The maximum absolute atomic E-state index is 5.69. The number of nitrogen functional groups attached to an aromatic ring is 1. The van der Waals surface area contributed by atoms with Gasteiger partial charge >= 0.3 is 0 Å². The number of nitrogens with two attached hydrogens (primary N) is 1. The largest absolute Gasteiger partial charge is 0.381 e. The van der Waals surface area contributed by atoms with Gasteiger partial charge < -0.3 is 5.73 Å². The third-order valence-corrected chi connectivity index (χ3v) is 4.31. The van der Waals surface area contributed by atoms with E-state index in [9.17, 15) is 0 Å². The van der Waals surface area contributed by atoms with E-state index in [1.807, 2.05) is 0 Å². The van der Waals surface area contributed by atoms with Gasteiger partial charge in [-0.1, -0.05) is 11.8 Å². The summed E-state index contributed by atoms with van der Waals surface area (Å²) in [6.07, 6.45) is 3.25. The number of thiophene rings is 1. The number of nitrogens with zero attached hydrogens (tertiary/aromatic N) is 2. The van der Waals surface area contributed by atoms with Crippen LogP contribution in [0.4, 0.5) is 5.82 Å². The summed E-state index contributed by atoms with van der Waals surface area (Å²) in [6, 6.07) is 2.10. The highest BCUT2D eigenvalue weighted by Crippen LogP contribution is 2.28. The Balaban J connectivity index is 2.02. The number of halogens is 1. The van der Waals surface area contributed by atoms with Crippen molar-refractivity contribution in [3.8, 4) is 0 Å². The first-order chi connectivity index (χ1) is 7.25. The summed E-state index contributed by atoms with van der Waals surface area (Å²) in [5.74, 6) is 1.36. The second-order valence-electron chi connectivity index (χ2n) is 2.79. The van der Waals surface area contributed by atoms with Crippen molar-refractivity contribution < 1.29 is 0 Å². The van der Waals surface area contributed by atoms with Gasteiger partial charge in [0, 0.05) is 18.1 Å². The first kappa shape index (κ1) is 10.9. The topological polar surface area (TPSA) is 51.8 Å². The van der Waals surface area contributed by atoms with Gasteiger partial charge in [-0.15, -0.1) is 11.3 Å². The molecule has 0 amide bonds. The highest BCUT2D eigenvalue weighted by molar-refractivity contribution is 9.11. The van der Waals surface area contributed by atoms with E-state index >= 15 is 0 Å². The number of rotatable bonds is 3. The van der Waals surface area contributed by atoms with Crippen LogP contribution in [0, 0.1) is 0 Å². The molecule has 6 heteroatoms. The molecule has 78 valence electrons. The highest BCUT2D eigenvalue weighted by Gasteiger charge is 2.03. The minimum absolute atomic E-state index is 0.497. The number of hydrogen-bond acceptors (Lipinski definition) is 5. The van der Waals surface area contributed by atoms with Crippen molar-refractivity contribution in [1.82, 2.24) is 9.97 Å². The Morgan fingerprint density at radius 3 is 2.87 bits per heavy atom. The van der Waals surface area contributed by atoms with E-state index in [-0.39, 0.29) is 0 Å². The van der Waals surface area contributed by atoms with E-state index in [2.05, 4.69) is 37.3 Å². The van der Waals surface area contributed by atoms with Gasteiger partial charge in [-0.2, -0.15) is 0 Å². The predicted molar refractivity (Wildman–Crippen MR) is 68.0 cm³/mol. The van der Waals surface area contributed by atoms with Crippen molar-refractivity contribution in [2.24, 2.45) is 0 Å². The molecular formula is C9H8BrN3S2. The van der Waals surface area contributed by atoms with Crippen LogP contribution >= 0.6 is 39.0 Å². The lowest BCUT2D eigenvalue weighted by atomic mass is 10.4. The third kappa shape index (κ3) is 2.93. The second-order valence-corrected chi connectivity index (χ2v) is 6.05. The number of hydrogen-bond donors (Lipinski definition) is 1. The summed E-state index contributed by atoms with van der Waals surface area (Å²) in [7, 11) is 0. The Hall–Kier alpha value is -0.590. The molecule has 0 bridgehead atoms. The number of thioether (sulfide) groups is 1. The van der Waals surface area contributed by atoms with Crippen molar-refractivity contribution in [2.75, 3.05) is 5.73 Å². The first-order valence-electron chi connectivity index (χ1n) is 4.18. The van der Waals surface area contributed by atoms with Crippen LogP contribution in [0.15, 0.2) is 32.7 Å². The van der Waals surface area contributed by atoms with E-state index in [0.717, 1.165) is 14.6 Å². The van der Waals surface area contributed by atoms with Crippen molar-refractivity contribution in [3.05, 3.63) is 33.2 Å². The van der Waals surface area contributed by atoms with Crippen molar-refractivity contribution in [3.63, 3.8) is 0 Å². The highest BCUT2D eigenvalue weighted by atomic mass is 79.9. The van der Waals surface area contributed by atoms with Crippen LogP contribution in [-0.2, 0) is 5.75 Å². The van der Waals surface area contributed by atoms with Gasteiger partial charge in [-0.25, -0.2) is 9.97 Å². The Kier molecular flexibility index (Phi) is 3.61. The summed E-state index contributed by atoms with van der Waals surface area (Å²) < 4.78 is 1.14. The second kappa shape index (κ2) is 4.96. The zero-order valence-electron chi connectivity index (χ0n) is 7.68. The molecule has 15 heavy (non-hydrogen) atoms. The van der Waals surface area contributed by atoms with Crippen LogP contribution in [-0.4, -0.2) is 9.97 Å². The smallest absolute Gasteiger partial charge is 0.156 e. The fourth-order valence-electron chi connectivity index (χ4n) is 1.02. The molecule has 0 saturated carbocycles. The zero-order valence-corrected chi connectivity index (χ0v) is 10.9. The van der Waals surface area contributed by atoms with Gasteiger partial charge in [-0.05, 0) is 32.9 Å². The van der Waals surface area contributed by atoms with E-state index in [4.69, 9.17) is 5.73 Å².